The van der Waals surface area contributed by atoms with Gasteiger partial charge >= 0.3 is 0 Å². The summed E-state index contributed by atoms with van der Waals surface area (Å²) in [6, 6.07) is 5.70. The lowest BCUT2D eigenvalue weighted by atomic mass is 10.1. The molecule has 1 unspecified atom stereocenters. The molecule has 1 aromatic carbocycles. The van der Waals surface area contributed by atoms with Gasteiger partial charge < -0.3 is 10.0 Å². The molecule has 0 spiro atoms. The van der Waals surface area contributed by atoms with Crippen molar-refractivity contribution >= 4 is 31.5 Å². The topological polar surface area (TPSA) is 57.6 Å². The summed E-state index contributed by atoms with van der Waals surface area (Å²) < 4.78 is 24.1. The van der Waals surface area contributed by atoms with Gasteiger partial charge in [-0.3, -0.25) is 0 Å². The van der Waals surface area contributed by atoms with E-state index < -0.39 is 15.9 Å². The molecular weight excluding hydrogens is 330 g/mol. The van der Waals surface area contributed by atoms with Crippen LogP contribution in [0.25, 0.3) is 0 Å². The zero-order chi connectivity index (χ0) is 14.0. The normalized spacial score (nSPS) is 20.9. The highest BCUT2D eigenvalue weighted by atomic mass is 79.9. The predicted molar refractivity (Wildman–Crippen MR) is 80.3 cm³/mol. The first-order chi connectivity index (χ1) is 8.89. The van der Waals surface area contributed by atoms with Gasteiger partial charge in [0.15, 0.2) is 9.84 Å². The van der Waals surface area contributed by atoms with E-state index in [1.807, 2.05) is 18.2 Å². The van der Waals surface area contributed by atoms with Crippen LogP contribution in [0, 0.1) is 0 Å². The molecule has 4 nitrogen and oxygen atoms in total. The summed E-state index contributed by atoms with van der Waals surface area (Å²) >= 11 is 3.50. The Bertz CT molecular complexity index is 557. The lowest BCUT2D eigenvalue weighted by molar-refractivity contribution is 0.199. The number of benzene rings is 1. The second-order valence-electron chi connectivity index (χ2n) is 4.88. The van der Waals surface area contributed by atoms with Crippen LogP contribution >= 0.6 is 15.9 Å². The summed E-state index contributed by atoms with van der Waals surface area (Å²) in [6.07, 6.45) is 0.155. The average molecular weight is 348 g/mol. The van der Waals surface area contributed by atoms with E-state index in [0.29, 0.717) is 13.0 Å². The van der Waals surface area contributed by atoms with Crippen molar-refractivity contribution in [2.75, 3.05) is 29.5 Å². The van der Waals surface area contributed by atoms with Crippen LogP contribution in [0.1, 0.15) is 25.0 Å². The minimum Gasteiger partial charge on any atom is -0.389 e. The molecule has 1 N–H and O–H groups in total. The highest BCUT2D eigenvalue weighted by Crippen LogP contribution is 2.30. The Morgan fingerprint density at radius 1 is 1.32 bits per heavy atom. The van der Waals surface area contributed by atoms with E-state index in [1.54, 1.807) is 6.92 Å². The lowest BCUT2D eigenvalue weighted by Crippen LogP contribution is -2.27. The molecule has 1 aliphatic heterocycles. The van der Waals surface area contributed by atoms with Crippen molar-refractivity contribution in [3.8, 4) is 0 Å². The molecule has 0 saturated carbocycles. The Morgan fingerprint density at radius 2 is 2.05 bits per heavy atom. The first-order valence-corrected chi connectivity index (χ1v) is 8.93. The van der Waals surface area contributed by atoms with Crippen molar-refractivity contribution in [3.63, 3.8) is 0 Å². The van der Waals surface area contributed by atoms with E-state index in [2.05, 4.69) is 20.8 Å². The fraction of sp³-hybridized carbons (Fsp3) is 0.538. The van der Waals surface area contributed by atoms with Gasteiger partial charge in [0.1, 0.15) is 0 Å². The molecule has 1 aromatic rings. The van der Waals surface area contributed by atoms with Crippen LogP contribution in [0.4, 0.5) is 5.69 Å². The molecule has 1 aliphatic rings. The van der Waals surface area contributed by atoms with Crippen LogP contribution in [0.15, 0.2) is 22.7 Å². The predicted octanol–water partition coefficient (Wildman–Crippen LogP) is 2.13. The van der Waals surface area contributed by atoms with E-state index in [1.165, 1.54) is 0 Å². The zero-order valence-corrected chi connectivity index (χ0v) is 13.2. The molecule has 1 heterocycles. The van der Waals surface area contributed by atoms with E-state index in [4.69, 9.17) is 0 Å². The summed E-state index contributed by atoms with van der Waals surface area (Å²) in [4.78, 5) is 2.08. The van der Waals surface area contributed by atoms with Crippen LogP contribution in [0.2, 0.25) is 0 Å². The maximum atomic E-state index is 11.6. The molecule has 19 heavy (non-hydrogen) atoms. The van der Waals surface area contributed by atoms with E-state index in [-0.39, 0.29) is 11.5 Å². The van der Waals surface area contributed by atoms with E-state index in [0.717, 1.165) is 22.3 Å². The summed E-state index contributed by atoms with van der Waals surface area (Å²) in [5, 5.41) is 9.55. The minimum absolute atomic E-state index is 0.206. The average Bonchev–Trinajstić information content (AvgIpc) is 2.50. The van der Waals surface area contributed by atoms with Gasteiger partial charge in [-0.2, -0.15) is 0 Å². The largest absolute Gasteiger partial charge is 0.389 e. The maximum Gasteiger partial charge on any atom is 0.152 e. The number of anilines is 1. The van der Waals surface area contributed by atoms with Crippen molar-refractivity contribution in [1.29, 1.82) is 0 Å². The number of nitrogens with zero attached hydrogens (tertiary/aromatic N) is 1. The van der Waals surface area contributed by atoms with E-state index >= 15 is 0 Å². The second-order valence-corrected chi connectivity index (χ2v) is 8.04. The van der Waals surface area contributed by atoms with Crippen molar-refractivity contribution in [3.05, 3.63) is 28.2 Å². The lowest BCUT2D eigenvalue weighted by Gasteiger charge is -2.24. The standard InChI is InChI=1S/C13H18BrNO3S/c1-10(16)11-3-4-13(12(14)9-11)15-5-2-7-19(17,18)8-6-15/h3-4,9-10,16H,2,5-8H2,1H3. The SMILES string of the molecule is CC(O)c1ccc(N2CCCS(=O)(=O)CC2)c(Br)c1. The van der Waals surface area contributed by atoms with Gasteiger partial charge in [-0.1, -0.05) is 6.07 Å². The molecule has 1 atom stereocenters. The number of aliphatic hydroxyl groups excluding tert-OH is 1. The van der Waals surface area contributed by atoms with Gasteiger partial charge in [0.05, 0.1) is 23.3 Å². The highest BCUT2D eigenvalue weighted by molar-refractivity contribution is 9.10. The second kappa shape index (κ2) is 5.81. The van der Waals surface area contributed by atoms with Crippen molar-refractivity contribution in [1.82, 2.24) is 0 Å². The molecule has 0 aliphatic carbocycles. The van der Waals surface area contributed by atoms with Crippen LogP contribution in [0.3, 0.4) is 0 Å². The molecular formula is C13H18BrNO3S. The number of halogens is 1. The summed E-state index contributed by atoms with van der Waals surface area (Å²) in [7, 11) is -2.89. The molecule has 1 fully saturated rings. The zero-order valence-electron chi connectivity index (χ0n) is 10.8. The number of hydrogen-bond donors (Lipinski definition) is 1. The molecule has 0 aromatic heterocycles. The number of hydrogen-bond acceptors (Lipinski definition) is 4. The van der Waals surface area contributed by atoms with Crippen molar-refractivity contribution in [2.24, 2.45) is 0 Å². The van der Waals surface area contributed by atoms with Crippen LogP contribution in [-0.4, -0.2) is 38.1 Å². The quantitative estimate of drug-likeness (QED) is 0.890. The van der Waals surface area contributed by atoms with Crippen molar-refractivity contribution < 1.29 is 13.5 Å². The van der Waals surface area contributed by atoms with Gasteiger partial charge in [-0.25, -0.2) is 8.42 Å². The Morgan fingerprint density at radius 3 is 2.68 bits per heavy atom. The highest BCUT2D eigenvalue weighted by Gasteiger charge is 2.20. The fourth-order valence-corrected chi connectivity index (χ4v) is 4.14. The Hall–Kier alpha value is -0.590. The maximum absolute atomic E-state index is 11.6. The molecule has 0 amide bonds. The first-order valence-electron chi connectivity index (χ1n) is 6.32. The molecule has 1 saturated heterocycles. The van der Waals surface area contributed by atoms with Gasteiger partial charge in [0.25, 0.3) is 0 Å². The minimum atomic E-state index is -2.89. The molecule has 0 radical (unpaired) electrons. The Labute approximate surface area is 122 Å². The van der Waals surface area contributed by atoms with Crippen molar-refractivity contribution in [2.45, 2.75) is 19.4 Å². The Kier molecular flexibility index (Phi) is 4.53. The summed E-state index contributed by atoms with van der Waals surface area (Å²) in [5.41, 5.74) is 1.83. The first kappa shape index (κ1) is 14.8. The van der Waals surface area contributed by atoms with Gasteiger partial charge in [0, 0.05) is 17.6 Å². The smallest absolute Gasteiger partial charge is 0.152 e. The fourth-order valence-electron chi connectivity index (χ4n) is 2.22. The number of aliphatic hydroxyl groups is 1. The third-order valence-electron chi connectivity index (χ3n) is 3.35. The van der Waals surface area contributed by atoms with E-state index in [9.17, 15) is 13.5 Å². The van der Waals surface area contributed by atoms with Gasteiger partial charge in [-0.15, -0.1) is 0 Å². The van der Waals surface area contributed by atoms with Gasteiger partial charge in [0.2, 0.25) is 0 Å². The molecule has 2 rings (SSSR count). The summed E-state index contributed by atoms with van der Waals surface area (Å²) in [6.45, 7) is 2.99. The molecule has 0 bridgehead atoms. The van der Waals surface area contributed by atoms with Crippen LogP contribution < -0.4 is 4.90 Å². The number of sulfone groups is 1. The third-order valence-corrected chi connectivity index (χ3v) is 5.70. The summed E-state index contributed by atoms with van der Waals surface area (Å²) in [5.74, 6) is 0.477. The third kappa shape index (κ3) is 3.70. The monoisotopic (exact) mass is 347 g/mol. The van der Waals surface area contributed by atoms with Crippen LogP contribution in [0.5, 0.6) is 0 Å². The van der Waals surface area contributed by atoms with Crippen LogP contribution in [-0.2, 0) is 9.84 Å². The number of rotatable bonds is 2. The molecule has 106 valence electrons. The molecule has 6 heteroatoms. The van der Waals surface area contributed by atoms with Gasteiger partial charge in [-0.05, 0) is 47.0 Å². The Balaban J connectivity index is 2.22.